The number of phosphoric acid groups is 1. The highest BCUT2D eigenvalue weighted by molar-refractivity contribution is 7.47. The largest absolute Gasteiger partial charge is 0.472 e. The van der Waals surface area contributed by atoms with E-state index in [2.05, 4.69) is 62.5 Å². The lowest BCUT2D eigenvalue weighted by atomic mass is 9.85. The Hall–Kier alpha value is -2.19. The van der Waals surface area contributed by atoms with Crippen LogP contribution in [0.5, 0.6) is 0 Å². The number of rotatable bonds is 35. The smallest absolute Gasteiger partial charge is 0.462 e. The Labute approximate surface area is 348 Å². The van der Waals surface area contributed by atoms with Crippen molar-refractivity contribution in [3.8, 4) is 0 Å². The first-order chi connectivity index (χ1) is 27.9. The van der Waals surface area contributed by atoms with Gasteiger partial charge in [-0.2, -0.15) is 0 Å². The van der Waals surface area contributed by atoms with Crippen molar-refractivity contribution in [2.24, 2.45) is 0 Å². The normalized spacial score (nSPS) is 23.0. The average molecular weight is 845 g/mol. The third kappa shape index (κ3) is 26.8. The topological polar surface area (TPSA) is 210 Å². The molecule has 6 unspecified atom stereocenters. The summed E-state index contributed by atoms with van der Waals surface area (Å²) in [6, 6.07) is 0. The summed E-state index contributed by atoms with van der Waals surface area (Å²) < 4.78 is 33.4. The molecule has 0 saturated heterocycles. The number of aliphatic hydroxyl groups is 5. The third-order valence-electron chi connectivity index (χ3n) is 9.90. The summed E-state index contributed by atoms with van der Waals surface area (Å²) in [5, 5.41) is 50.1. The van der Waals surface area contributed by atoms with E-state index in [1.807, 2.05) is 0 Å². The Morgan fingerprint density at radius 3 is 1.53 bits per heavy atom. The molecule has 58 heavy (non-hydrogen) atoms. The summed E-state index contributed by atoms with van der Waals surface area (Å²) in [5.74, 6) is -1.15. The quantitative estimate of drug-likeness (QED) is 0.0155. The molecule has 1 fully saturated rings. The second-order valence-corrected chi connectivity index (χ2v) is 16.6. The van der Waals surface area contributed by atoms with Gasteiger partial charge in [-0.3, -0.25) is 18.6 Å². The van der Waals surface area contributed by atoms with Gasteiger partial charge in [0.15, 0.2) is 6.10 Å². The first-order valence-electron chi connectivity index (χ1n) is 21.9. The van der Waals surface area contributed by atoms with Gasteiger partial charge in [-0.25, -0.2) is 4.57 Å². The molecule has 0 aromatic heterocycles. The van der Waals surface area contributed by atoms with E-state index in [-0.39, 0.29) is 12.8 Å². The predicted molar refractivity (Wildman–Crippen MR) is 226 cm³/mol. The zero-order chi connectivity index (χ0) is 42.9. The van der Waals surface area contributed by atoms with Crippen molar-refractivity contribution >= 4 is 19.8 Å². The van der Waals surface area contributed by atoms with E-state index in [0.29, 0.717) is 12.8 Å². The monoisotopic (exact) mass is 845 g/mol. The maximum Gasteiger partial charge on any atom is 0.472 e. The van der Waals surface area contributed by atoms with Crippen molar-refractivity contribution in [3.63, 3.8) is 0 Å². The molecular weight excluding hydrogens is 767 g/mol. The van der Waals surface area contributed by atoms with E-state index in [9.17, 15) is 44.6 Å². The molecule has 0 bridgehead atoms. The molecule has 0 aromatic carbocycles. The van der Waals surface area contributed by atoms with Crippen LogP contribution < -0.4 is 0 Å². The van der Waals surface area contributed by atoms with E-state index < -0.39 is 75.7 Å². The molecule has 0 aliphatic heterocycles. The lowest BCUT2D eigenvalue weighted by molar-refractivity contribution is -0.220. The van der Waals surface area contributed by atoms with Crippen LogP contribution in [0.15, 0.2) is 48.6 Å². The molecule has 1 saturated carbocycles. The Bertz CT molecular complexity index is 1210. The first kappa shape index (κ1) is 53.8. The van der Waals surface area contributed by atoms with Gasteiger partial charge in [0.25, 0.3) is 0 Å². The first-order valence-corrected chi connectivity index (χ1v) is 23.4. The highest BCUT2D eigenvalue weighted by Gasteiger charge is 2.51. The number of carbonyl (C=O) groups excluding carboxylic acids is 2. The van der Waals surface area contributed by atoms with Gasteiger partial charge in [-0.15, -0.1) is 0 Å². The molecule has 6 N–H and O–H groups in total. The number of hydrogen-bond acceptors (Lipinski definition) is 12. The van der Waals surface area contributed by atoms with Crippen LogP contribution in [0.2, 0.25) is 0 Å². The number of aliphatic hydroxyl groups excluding tert-OH is 5. The SMILES string of the molecule is CC/C=C\C/C=C\C/C=C\CCCCCC(=O)OC(COC(=O)CCCCCCC/C=C\CCCCCCCCC)COP(=O)(O)OC1C(O)C(O)C(O)C(O)C1O. The molecule has 0 amide bonds. The molecule has 336 valence electrons. The number of hydrogen-bond donors (Lipinski definition) is 6. The summed E-state index contributed by atoms with van der Waals surface area (Å²) >= 11 is 0. The van der Waals surface area contributed by atoms with Gasteiger partial charge in [0.1, 0.15) is 43.2 Å². The van der Waals surface area contributed by atoms with Gasteiger partial charge in [0, 0.05) is 12.8 Å². The van der Waals surface area contributed by atoms with Gasteiger partial charge in [-0.1, -0.05) is 127 Å². The average Bonchev–Trinajstić information content (AvgIpc) is 3.20. The number of phosphoric ester groups is 1. The van der Waals surface area contributed by atoms with E-state index in [0.717, 1.165) is 77.0 Å². The summed E-state index contributed by atoms with van der Waals surface area (Å²) in [4.78, 5) is 35.6. The van der Waals surface area contributed by atoms with E-state index in [4.69, 9.17) is 18.5 Å². The van der Waals surface area contributed by atoms with E-state index in [1.54, 1.807) is 0 Å². The van der Waals surface area contributed by atoms with Crippen LogP contribution in [-0.4, -0.2) is 98.3 Å². The molecular formula is C44H77O13P. The van der Waals surface area contributed by atoms with Crippen molar-refractivity contribution in [1.29, 1.82) is 0 Å². The fourth-order valence-corrected chi connectivity index (χ4v) is 7.33. The Morgan fingerprint density at radius 1 is 0.552 bits per heavy atom. The lowest BCUT2D eigenvalue weighted by Gasteiger charge is -2.41. The van der Waals surface area contributed by atoms with Crippen LogP contribution in [0.1, 0.15) is 162 Å². The Kier molecular flexibility index (Phi) is 32.0. The van der Waals surface area contributed by atoms with Crippen LogP contribution in [-0.2, 0) is 32.7 Å². The summed E-state index contributed by atoms with van der Waals surface area (Å²) in [7, 11) is -5.12. The number of unbranched alkanes of at least 4 members (excludes halogenated alkanes) is 15. The fraction of sp³-hybridized carbons (Fsp3) is 0.773. The Balaban J connectivity index is 2.50. The number of allylic oxidation sites excluding steroid dienone is 8. The summed E-state index contributed by atoms with van der Waals surface area (Å²) in [6.07, 6.45) is 26.1. The molecule has 13 nitrogen and oxygen atoms in total. The molecule has 14 heteroatoms. The molecule has 0 spiro atoms. The second kappa shape index (κ2) is 34.5. The number of esters is 2. The lowest BCUT2D eigenvalue weighted by Crippen LogP contribution is -2.64. The number of carbonyl (C=O) groups is 2. The van der Waals surface area contributed by atoms with Gasteiger partial charge < -0.3 is 39.9 Å². The third-order valence-corrected chi connectivity index (χ3v) is 10.9. The zero-order valence-electron chi connectivity index (χ0n) is 35.3. The molecule has 1 rings (SSSR count). The van der Waals surface area contributed by atoms with Gasteiger partial charge in [-0.05, 0) is 70.6 Å². The molecule has 6 atom stereocenters. The summed E-state index contributed by atoms with van der Waals surface area (Å²) in [6.45, 7) is 3.13. The second-order valence-electron chi connectivity index (χ2n) is 15.2. The highest BCUT2D eigenvalue weighted by Crippen LogP contribution is 2.47. The van der Waals surface area contributed by atoms with Crippen molar-refractivity contribution in [2.45, 2.75) is 204 Å². The molecule has 0 aromatic rings. The van der Waals surface area contributed by atoms with Crippen LogP contribution >= 0.6 is 7.82 Å². The minimum absolute atomic E-state index is 0.0585. The van der Waals surface area contributed by atoms with Crippen molar-refractivity contribution < 1.29 is 63.1 Å². The minimum atomic E-state index is -5.12. The fourth-order valence-electron chi connectivity index (χ4n) is 6.35. The highest BCUT2D eigenvalue weighted by atomic mass is 31.2. The van der Waals surface area contributed by atoms with Gasteiger partial charge >= 0.3 is 19.8 Å². The van der Waals surface area contributed by atoms with Crippen molar-refractivity contribution in [2.75, 3.05) is 13.2 Å². The van der Waals surface area contributed by atoms with Gasteiger partial charge in [0.2, 0.25) is 0 Å². The Morgan fingerprint density at radius 2 is 0.983 bits per heavy atom. The number of ether oxygens (including phenoxy) is 2. The standard InChI is InChI=1S/C44H77O13P/c1-3-5-7-9-11-13-15-17-18-19-21-22-24-26-28-30-32-37(45)54-34-36(35-55-58(52,53)57-44-42(50)40(48)39(47)41(49)43(44)51)56-38(46)33-31-29-27-25-23-20-16-14-12-10-8-6-4-2/h6,8,12,14,18-20,23,36,39-44,47-51H,3-5,7,9-11,13,15-17,21-22,24-35H2,1-2H3,(H,52,53)/b8-6-,14-12-,19-18-,23-20-. The van der Waals surface area contributed by atoms with E-state index in [1.165, 1.54) is 44.9 Å². The molecule has 0 heterocycles. The molecule has 0 radical (unpaired) electrons. The molecule has 1 aliphatic rings. The van der Waals surface area contributed by atoms with Crippen molar-refractivity contribution in [3.05, 3.63) is 48.6 Å². The summed E-state index contributed by atoms with van der Waals surface area (Å²) in [5.41, 5.74) is 0. The minimum Gasteiger partial charge on any atom is -0.462 e. The van der Waals surface area contributed by atoms with Crippen LogP contribution in [0.4, 0.5) is 0 Å². The maximum atomic E-state index is 12.8. The van der Waals surface area contributed by atoms with E-state index >= 15 is 0 Å². The predicted octanol–water partition coefficient (Wildman–Crippen LogP) is 8.00. The van der Waals surface area contributed by atoms with Crippen LogP contribution in [0.25, 0.3) is 0 Å². The maximum absolute atomic E-state index is 12.8. The van der Waals surface area contributed by atoms with Crippen LogP contribution in [0, 0.1) is 0 Å². The van der Waals surface area contributed by atoms with Crippen LogP contribution in [0.3, 0.4) is 0 Å². The zero-order valence-corrected chi connectivity index (χ0v) is 36.2. The van der Waals surface area contributed by atoms with Crippen molar-refractivity contribution in [1.82, 2.24) is 0 Å². The molecule has 1 aliphatic carbocycles. The van der Waals surface area contributed by atoms with Gasteiger partial charge in [0.05, 0.1) is 6.61 Å².